The number of carboxylic acid groups (broad SMARTS) is 1. The van der Waals surface area contributed by atoms with Crippen LogP contribution in [0.5, 0.6) is 5.88 Å². The lowest BCUT2D eigenvalue weighted by Crippen LogP contribution is -2.33. The minimum absolute atomic E-state index is 0.0124. The van der Waals surface area contributed by atoms with Crippen molar-refractivity contribution >= 4 is 17.7 Å². The molecular formula is C11H16N4O4. The molecule has 1 amide bonds. The minimum atomic E-state index is -1.09. The summed E-state index contributed by atoms with van der Waals surface area (Å²) in [4.78, 5) is 29.4. The first-order valence-electron chi connectivity index (χ1n) is 5.68. The van der Waals surface area contributed by atoms with Gasteiger partial charge < -0.3 is 20.5 Å². The van der Waals surface area contributed by atoms with Gasteiger partial charge in [-0.25, -0.2) is 9.97 Å². The highest BCUT2D eigenvalue weighted by Gasteiger charge is 2.05. The van der Waals surface area contributed by atoms with Crippen LogP contribution >= 0.6 is 0 Å². The van der Waals surface area contributed by atoms with Crippen LogP contribution in [0.4, 0.5) is 5.82 Å². The summed E-state index contributed by atoms with van der Waals surface area (Å²) in [5, 5.41) is 13.4. The molecule has 0 unspecified atom stereocenters. The van der Waals surface area contributed by atoms with Gasteiger partial charge in [-0.3, -0.25) is 9.59 Å². The Morgan fingerprint density at radius 1 is 1.37 bits per heavy atom. The molecular weight excluding hydrogens is 252 g/mol. The molecule has 1 heterocycles. The van der Waals surface area contributed by atoms with E-state index in [2.05, 4.69) is 20.6 Å². The van der Waals surface area contributed by atoms with Crippen molar-refractivity contribution < 1.29 is 19.4 Å². The predicted molar refractivity (Wildman–Crippen MR) is 66.9 cm³/mol. The summed E-state index contributed by atoms with van der Waals surface area (Å²) in [6.45, 7) is 3.25. The van der Waals surface area contributed by atoms with Crippen LogP contribution in [0, 0.1) is 0 Å². The number of hydrogen-bond acceptors (Lipinski definition) is 6. The number of ether oxygens (including phenoxy) is 1. The summed E-state index contributed by atoms with van der Waals surface area (Å²) >= 11 is 0. The van der Waals surface area contributed by atoms with Crippen LogP contribution in [-0.2, 0) is 9.59 Å². The Morgan fingerprint density at radius 2 is 2.11 bits per heavy atom. The van der Waals surface area contributed by atoms with Gasteiger partial charge in [0.15, 0.2) is 0 Å². The van der Waals surface area contributed by atoms with E-state index in [-0.39, 0.29) is 12.6 Å². The van der Waals surface area contributed by atoms with E-state index in [0.29, 0.717) is 11.7 Å². The van der Waals surface area contributed by atoms with Gasteiger partial charge in [0, 0.05) is 6.07 Å². The molecule has 1 aromatic heterocycles. The van der Waals surface area contributed by atoms with Gasteiger partial charge in [-0.15, -0.1) is 0 Å². The molecule has 3 N–H and O–H groups in total. The van der Waals surface area contributed by atoms with E-state index in [0.717, 1.165) is 0 Å². The fourth-order valence-corrected chi connectivity index (χ4v) is 1.15. The standard InChI is InChI=1S/C11H16N4O4/c1-7(2)19-10-3-8(14-6-15-10)12-4-9(16)13-5-11(17)18/h3,6-7H,4-5H2,1-2H3,(H,13,16)(H,17,18)(H,12,14,15). The lowest BCUT2D eigenvalue weighted by Gasteiger charge is -2.10. The number of amides is 1. The van der Waals surface area contributed by atoms with Gasteiger partial charge in [-0.05, 0) is 13.8 Å². The molecule has 19 heavy (non-hydrogen) atoms. The molecule has 1 rings (SSSR count). The fraction of sp³-hybridized carbons (Fsp3) is 0.455. The maximum absolute atomic E-state index is 11.3. The van der Waals surface area contributed by atoms with Crippen molar-refractivity contribution in [1.29, 1.82) is 0 Å². The summed E-state index contributed by atoms with van der Waals surface area (Å²) in [7, 11) is 0. The van der Waals surface area contributed by atoms with Crippen molar-refractivity contribution in [3.63, 3.8) is 0 Å². The van der Waals surface area contributed by atoms with Crippen molar-refractivity contribution in [2.75, 3.05) is 18.4 Å². The van der Waals surface area contributed by atoms with Crippen LogP contribution in [0.1, 0.15) is 13.8 Å². The highest BCUT2D eigenvalue weighted by atomic mass is 16.5. The molecule has 0 aliphatic carbocycles. The van der Waals surface area contributed by atoms with Crippen molar-refractivity contribution in [3.8, 4) is 5.88 Å². The number of anilines is 1. The Bertz CT molecular complexity index is 450. The highest BCUT2D eigenvalue weighted by Crippen LogP contribution is 2.11. The van der Waals surface area contributed by atoms with Gasteiger partial charge >= 0.3 is 5.97 Å². The minimum Gasteiger partial charge on any atom is -0.480 e. The van der Waals surface area contributed by atoms with Crippen LogP contribution in [0.3, 0.4) is 0 Å². The number of nitrogens with zero attached hydrogens (tertiary/aromatic N) is 2. The van der Waals surface area contributed by atoms with E-state index in [1.165, 1.54) is 6.33 Å². The van der Waals surface area contributed by atoms with Crippen LogP contribution < -0.4 is 15.4 Å². The van der Waals surface area contributed by atoms with E-state index in [4.69, 9.17) is 9.84 Å². The Morgan fingerprint density at radius 3 is 2.74 bits per heavy atom. The number of hydrogen-bond donors (Lipinski definition) is 3. The van der Waals surface area contributed by atoms with E-state index < -0.39 is 18.4 Å². The zero-order valence-corrected chi connectivity index (χ0v) is 10.7. The van der Waals surface area contributed by atoms with E-state index in [9.17, 15) is 9.59 Å². The van der Waals surface area contributed by atoms with Crippen molar-refractivity contribution in [3.05, 3.63) is 12.4 Å². The average Bonchev–Trinajstić information content (AvgIpc) is 2.33. The first-order chi connectivity index (χ1) is 8.97. The lowest BCUT2D eigenvalue weighted by molar-refractivity contribution is -0.137. The topological polar surface area (TPSA) is 113 Å². The molecule has 8 heteroatoms. The van der Waals surface area contributed by atoms with Gasteiger partial charge in [-0.1, -0.05) is 0 Å². The Hall–Kier alpha value is -2.38. The third-order valence-electron chi connectivity index (χ3n) is 1.87. The van der Waals surface area contributed by atoms with E-state index >= 15 is 0 Å². The van der Waals surface area contributed by atoms with Crippen LogP contribution in [0.15, 0.2) is 12.4 Å². The van der Waals surface area contributed by atoms with Gasteiger partial charge in [0.1, 0.15) is 18.7 Å². The Kier molecular flexibility index (Phi) is 5.52. The number of carbonyl (C=O) groups is 2. The molecule has 1 aromatic rings. The summed E-state index contributed by atoms with van der Waals surface area (Å²) in [5.74, 6) is -0.704. The number of carboxylic acids is 1. The van der Waals surface area contributed by atoms with Gasteiger partial charge in [-0.2, -0.15) is 0 Å². The largest absolute Gasteiger partial charge is 0.480 e. The zero-order valence-electron chi connectivity index (χ0n) is 10.7. The Balaban J connectivity index is 2.44. The fourth-order valence-electron chi connectivity index (χ4n) is 1.15. The van der Waals surface area contributed by atoms with Crippen LogP contribution in [0.2, 0.25) is 0 Å². The molecule has 0 bridgehead atoms. The number of aliphatic carboxylic acids is 1. The molecule has 0 aromatic carbocycles. The number of carbonyl (C=O) groups excluding carboxylic acids is 1. The normalized spacial score (nSPS) is 10.1. The second kappa shape index (κ2) is 7.14. The first kappa shape index (κ1) is 14.7. The molecule has 0 saturated carbocycles. The van der Waals surface area contributed by atoms with E-state index in [1.54, 1.807) is 6.07 Å². The van der Waals surface area contributed by atoms with Crippen molar-refractivity contribution in [1.82, 2.24) is 15.3 Å². The third kappa shape index (κ3) is 6.20. The van der Waals surface area contributed by atoms with Gasteiger partial charge in [0.2, 0.25) is 11.8 Å². The molecule has 0 fully saturated rings. The third-order valence-corrected chi connectivity index (χ3v) is 1.87. The maximum atomic E-state index is 11.3. The zero-order chi connectivity index (χ0) is 14.3. The second-order valence-electron chi connectivity index (χ2n) is 3.93. The number of nitrogens with one attached hydrogen (secondary N) is 2. The Labute approximate surface area is 110 Å². The van der Waals surface area contributed by atoms with Crippen LogP contribution in [-0.4, -0.2) is 46.1 Å². The summed E-state index contributed by atoms with van der Waals surface area (Å²) in [6.07, 6.45) is 1.30. The van der Waals surface area contributed by atoms with Crippen molar-refractivity contribution in [2.24, 2.45) is 0 Å². The molecule has 104 valence electrons. The maximum Gasteiger partial charge on any atom is 0.322 e. The molecule has 0 spiro atoms. The predicted octanol–water partition coefficient (Wildman–Crippen LogP) is -0.123. The number of rotatable bonds is 7. The molecule has 0 atom stereocenters. The lowest BCUT2D eigenvalue weighted by atomic mass is 10.4. The summed E-state index contributed by atoms with van der Waals surface area (Å²) in [6, 6.07) is 1.56. The average molecular weight is 268 g/mol. The molecule has 0 saturated heterocycles. The first-order valence-corrected chi connectivity index (χ1v) is 5.68. The van der Waals surface area contributed by atoms with Gasteiger partial charge in [0.05, 0.1) is 12.6 Å². The SMILES string of the molecule is CC(C)Oc1cc(NCC(=O)NCC(=O)O)ncn1. The van der Waals surface area contributed by atoms with E-state index in [1.807, 2.05) is 13.8 Å². The van der Waals surface area contributed by atoms with Crippen molar-refractivity contribution in [2.45, 2.75) is 20.0 Å². The second-order valence-corrected chi connectivity index (χ2v) is 3.93. The quantitative estimate of drug-likeness (QED) is 0.631. The monoisotopic (exact) mass is 268 g/mol. The molecule has 0 radical (unpaired) electrons. The summed E-state index contributed by atoms with van der Waals surface area (Å²) in [5.41, 5.74) is 0. The summed E-state index contributed by atoms with van der Waals surface area (Å²) < 4.78 is 5.37. The van der Waals surface area contributed by atoms with Crippen LogP contribution in [0.25, 0.3) is 0 Å². The molecule has 8 nitrogen and oxygen atoms in total. The molecule has 0 aliphatic heterocycles. The number of aromatic nitrogens is 2. The highest BCUT2D eigenvalue weighted by molar-refractivity contribution is 5.84. The smallest absolute Gasteiger partial charge is 0.322 e. The van der Waals surface area contributed by atoms with Gasteiger partial charge in [0.25, 0.3) is 0 Å². The molecule has 0 aliphatic rings.